The number of aromatic nitrogens is 2. The van der Waals surface area contributed by atoms with Crippen molar-refractivity contribution in [1.29, 1.82) is 0 Å². The number of ether oxygens (including phenoxy) is 2. The van der Waals surface area contributed by atoms with Gasteiger partial charge < -0.3 is 19.0 Å². The Kier molecular flexibility index (Phi) is 6.10. The van der Waals surface area contributed by atoms with Gasteiger partial charge in [0, 0.05) is 6.42 Å². The predicted octanol–water partition coefficient (Wildman–Crippen LogP) is 3.52. The number of halogens is 1. The number of aliphatic carboxylic acids is 1. The minimum absolute atomic E-state index is 0.00425. The molecule has 0 aliphatic rings. The highest BCUT2D eigenvalue weighted by atomic mass is 35.5. The number of carboxylic acids is 1. The predicted molar refractivity (Wildman–Crippen MR) is 89.7 cm³/mol. The van der Waals surface area contributed by atoms with Crippen LogP contribution in [0.5, 0.6) is 11.5 Å². The van der Waals surface area contributed by atoms with Crippen LogP contribution in [0.1, 0.15) is 18.4 Å². The summed E-state index contributed by atoms with van der Waals surface area (Å²) in [6.45, 7) is 1.86. The van der Waals surface area contributed by atoms with Gasteiger partial charge >= 0.3 is 5.97 Å². The molecule has 0 saturated carbocycles. The van der Waals surface area contributed by atoms with Gasteiger partial charge in [-0.1, -0.05) is 18.5 Å². The maximum absolute atomic E-state index is 11.5. The molecular weight excluding hydrogens is 356 g/mol. The van der Waals surface area contributed by atoms with Gasteiger partial charge in [0.05, 0.1) is 19.2 Å². The van der Waals surface area contributed by atoms with Crippen molar-refractivity contribution in [1.82, 2.24) is 10.2 Å². The molecule has 0 fully saturated rings. The number of nitrogens with zero attached hydrogens (tertiary/aromatic N) is 2. The lowest BCUT2D eigenvalue weighted by atomic mass is 10.2. The molecule has 0 saturated heterocycles. The fourth-order valence-electron chi connectivity index (χ4n) is 1.82. The van der Waals surface area contributed by atoms with Gasteiger partial charge in [-0.25, -0.2) is 4.79 Å². The summed E-state index contributed by atoms with van der Waals surface area (Å²) in [5.41, 5.74) is 0.540. The van der Waals surface area contributed by atoms with Gasteiger partial charge in [-0.2, -0.15) is 0 Å². The Morgan fingerprint density at radius 1 is 1.38 bits per heavy atom. The first-order valence-corrected chi connectivity index (χ1v) is 8.04. The summed E-state index contributed by atoms with van der Waals surface area (Å²) >= 11 is 6.99. The lowest BCUT2D eigenvalue weighted by Crippen LogP contribution is -1.97. The zero-order valence-electron chi connectivity index (χ0n) is 13.2. The molecular formula is C15H15ClN2O5S. The Labute approximate surface area is 147 Å². The van der Waals surface area contributed by atoms with Gasteiger partial charge in [0.2, 0.25) is 5.89 Å². The van der Waals surface area contributed by atoms with Gasteiger partial charge in [-0.3, -0.25) is 0 Å². The van der Waals surface area contributed by atoms with Gasteiger partial charge in [0.1, 0.15) is 4.91 Å². The third kappa shape index (κ3) is 4.21. The smallest absolute Gasteiger partial charge is 0.342 e. The van der Waals surface area contributed by atoms with Crippen LogP contribution in [0.4, 0.5) is 0 Å². The number of carbonyl (C=O) groups is 1. The quantitative estimate of drug-likeness (QED) is 0.584. The van der Waals surface area contributed by atoms with E-state index in [4.69, 9.17) is 25.5 Å². The molecule has 1 heterocycles. The van der Waals surface area contributed by atoms with Gasteiger partial charge in [0.15, 0.2) is 11.5 Å². The number of aryl methyl sites for hydroxylation is 1. The molecule has 2 aromatic rings. The summed E-state index contributed by atoms with van der Waals surface area (Å²) < 4.78 is 15.7. The number of thioether (sulfide) groups is 1. The number of carboxylic acid groups (broad SMARTS) is 1. The van der Waals surface area contributed by atoms with E-state index in [0.29, 0.717) is 34.4 Å². The third-order valence-corrected chi connectivity index (χ3v) is 4.05. The van der Waals surface area contributed by atoms with Crippen LogP contribution in [-0.2, 0) is 11.2 Å². The van der Waals surface area contributed by atoms with E-state index in [1.807, 2.05) is 6.92 Å². The molecule has 0 bridgehead atoms. The van der Waals surface area contributed by atoms with Crippen molar-refractivity contribution in [3.63, 3.8) is 0 Å². The van der Waals surface area contributed by atoms with E-state index in [9.17, 15) is 9.90 Å². The lowest BCUT2D eigenvalue weighted by molar-refractivity contribution is -0.131. The first-order chi connectivity index (χ1) is 11.5. The van der Waals surface area contributed by atoms with Crippen molar-refractivity contribution in [2.75, 3.05) is 14.2 Å². The van der Waals surface area contributed by atoms with Crippen molar-refractivity contribution < 1.29 is 23.8 Å². The van der Waals surface area contributed by atoms with E-state index in [0.717, 1.165) is 11.8 Å². The highest BCUT2D eigenvalue weighted by Crippen LogP contribution is 2.37. The molecule has 0 amide bonds. The minimum Gasteiger partial charge on any atom is -0.493 e. The molecule has 0 spiro atoms. The molecule has 0 unspecified atom stereocenters. The van der Waals surface area contributed by atoms with E-state index in [1.54, 1.807) is 12.1 Å². The number of hydrogen-bond acceptors (Lipinski definition) is 7. The Morgan fingerprint density at radius 2 is 2.12 bits per heavy atom. The molecule has 1 aromatic heterocycles. The average molecular weight is 371 g/mol. The lowest BCUT2D eigenvalue weighted by Gasteiger charge is -2.10. The maximum atomic E-state index is 11.5. The Bertz CT molecular complexity index is 775. The monoisotopic (exact) mass is 370 g/mol. The van der Waals surface area contributed by atoms with Crippen LogP contribution in [0.2, 0.25) is 5.02 Å². The molecule has 0 aliphatic heterocycles. The Balaban J connectivity index is 2.37. The van der Waals surface area contributed by atoms with Crippen LogP contribution >= 0.6 is 23.4 Å². The van der Waals surface area contributed by atoms with Crippen LogP contribution in [0.3, 0.4) is 0 Å². The van der Waals surface area contributed by atoms with Crippen molar-refractivity contribution >= 4 is 35.4 Å². The van der Waals surface area contributed by atoms with E-state index in [1.165, 1.54) is 20.3 Å². The number of rotatable bonds is 7. The molecule has 128 valence electrons. The van der Waals surface area contributed by atoms with Gasteiger partial charge in [-0.15, -0.1) is 10.2 Å². The topological polar surface area (TPSA) is 94.7 Å². The largest absolute Gasteiger partial charge is 0.493 e. The molecule has 24 heavy (non-hydrogen) atoms. The normalized spacial score (nSPS) is 11.4. The summed E-state index contributed by atoms with van der Waals surface area (Å²) in [6.07, 6.45) is 2.02. The zero-order valence-corrected chi connectivity index (χ0v) is 14.8. The van der Waals surface area contributed by atoms with Gasteiger partial charge in [-0.05, 0) is 35.5 Å². The second-order valence-corrected chi connectivity index (χ2v) is 5.87. The van der Waals surface area contributed by atoms with Crippen molar-refractivity contribution in [3.05, 3.63) is 33.5 Å². The highest BCUT2D eigenvalue weighted by molar-refractivity contribution is 8.03. The molecule has 0 atom stereocenters. The van der Waals surface area contributed by atoms with Gasteiger partial charge in [0.25, 0.3) is 5.22 Å². The van der Waals surface area contributed by atoms with Crippen LogP contribution in [-0.4, -0.2) is 35.5 Å². The van der Waals surface area contributed by atoms with E-state index < -0.39 is 5.97 Å². The van der Waals surface area contributed by atoms with Crippen LogP contribution in [0, 0.1) is 0 Å². The number of methoxy groups -OCH3 is 2. The summed E-state index contributed by atoms with van der Waals surface area (Å²) in [5, 5.41) is 17.5. The molecule has 1 N–H and O–H groups in total. The van der Waals surface area contributed by atoms with E-state index >= 15 is 0 Å². The molecule has 9 heteroatoms. The molecule has 2 rings (SSSR count). The summed E-state index contributed by atoms with van der Waals surface area (Å²) in [5.74, 6) is 0.0981. The highest BCUT2D eigenvalue weighted by Gasteiger charge is 2.16. The van der Waals surface area contributed by atoms with Crippen LogP contribution in [0.15, 0.2) is 26.7 Å². The fraction of sp³-hybridized carbons (Fsp3) is 0.267. The maximum Gasteiger partial charge on any atom is 0.342 e. The number of benzene rings is 1. The van der Waals surface area contributed by atoms with Crippen LogP contribution in [0.25, 0.3) is 6.08 Å². The second kappa shape index (κ2) is 8.07. The summed E-state index contributed by atoms with van der Waals surface area (Å²) in [6, 6.07) is 3.21. The molecule has 1 aromatic carbocycles. The van der Waals surface area contributed by atoms with E-state index in [-0.39, 0.29) is 10.1 Å². The van der Waals surface area contributed by atoms with Crippen molar-refractivity contribution in [3.8, 4) is 11.5 Å². The third-order valence-electron chi connectivity index (χ3n) is 2.91. The second-order valence-electron chi connectivity index (χ2n) is 4.47. The SMILES string of the molecule is CCc1nnc(S/C(=C\c2cc(Cl)c(OC)c(OC)c2)C(=O)O)o1. The molecule has 0 radical (unpaired) electrons. The molecule has 7 nitrogen and oxygen atoms in total. The minimum atomic E-state index is -1.12. The van der Waals surface area contributed by atoms with E-state index in [2.05, 4.69) is 10.2 Å². The summed E-state index contributed by atoms with van der Waals surface area (Å²) in [4.78, 5) is 11.5. The standard InChI is InChI=1S/C15H15ClN2O5S/c1-4-12-17-18-15(23-12)24-11(14(19)20)7-8-5-9(16)13(22-3)10(6-8)21-2/h5-7H,4H2,1-3H3,(H,19,20)/b11-7-. The van der Waals surface area contributed by atoms with Crippen molar-refractivity contribution in [2.45, 2.75) is 18.6 Å². The Morgan fingerprint density at radius 3 is 2.67 bits per heavy atom. The fourth-order valence-corrected chi connectivity index (χ4v) is 2.81. The first kappa shape index (κ1) is 18.2. The molecule has 0 aliphatic carbocycles. The Hall–Kier alpha value is -2.19. The average Bonchev–Trinajstić information content (AvgIpc) is 3.01. The zero-order chi connectivity index (χ0) is 17.7. The summed E-state index contributed by atoms with van der Waals surface area (Å²) in [7, 11) is 2.94. The first-order valence-electron chi connectivity index (χ1n) is 6.85. The van der Waals surface area contributed by atoms with Crippen LogP contribution < -0.4 is 9.47 Å². The number of hydrogen-bond donors (Lipinski definition) is 1. The van der Waals surface area contributed by atoms with Crippen molar-refractivity contribution in [2.24, 2.45) is 0 Å².